The maximum absolute atomic E-state index is 13.9. The minimum atomic E-state index is -0.642. The molecule has 148 valence electrons. The smallest absolute Gasteiger partial charge is 0.329 e. The van der Waals surface area contributed by atoms with Crippen LogP contribution in [-0.4, -0.2) is 30.6 Å². The highest BCUT2D eigenvalue weighted by Gasteiger charge is 2.34. The molecule has 0 saturated carbocycles. The molecule has 2 aromatic rings. The summed E-state index contributed by atoms with van der Waals surface area (Å²) in [7, 11) is 1.43. The predicted molar refractivity (Wildman–Crippen MR) is 106 cm³/mol. The van der Waals surface area contributed by atoms with E-state index in [9.17, 15) is 14.0 Å². The van der Waals surface area contributed by atoms with Crippen LogP contribution in [0, 0.1) is 18.2 Å². The van der Waals surface area contributed by atoms with Gasteiger partial charge >= 0.3 is 6.03 Å². The van der Waals surface area contributed by atoms with Crippen LogP contribution < -0.4 is 14.8 Å². The molecule has 0 aliphatic carbocycles. The summed E-state index contributed by atoms with van der Waals surface area (Å²) >= 11 is 6.23. The lowest BCUT2D eigenvalue weighted by Crippen LogP contribution is -2.30. The highest BCUT2D eigenvalue weighted by molar-refractivity contribution is 6.32. The van der Waals surface area contributed by atoms with Crippen LogP contribution in [0.5, 0.6) is 11.5 Å². The van der Waals surface area contributed by atoms with E-state index in [1.807, 2.05) is 0 Å². The highest BCUT2D eigenvalue weighted by Crippen LogP contribution is 2.37. The van der Waals surface area contributed by atoms with Crippen LogP contribution in [0.25, 0.3) is 6.08 Å². The molecule has 1 fully saturated rings. The second kappa shape index (κ2) is 8.67. The molecule has 3 rings (SSSR count). The fraction of sp³-hybridized carbons (Fsp3) is 0.143. The van der Waals surface area contributed by atoms with Crippen LogP contribution in [0.1, 0.15) is 11.1 Å². The zero-order valence-electron chi connectivity index (χ0n) is 15.4. The number of nitrogens with one attached hydrogen (secondary N) is 1. The van der Waals surface area contributed by atoms with Crippen molar-refractivity contribution in [1.82, 2.24) is 10.2 Å². The third-order valence-corrected chi connectivity index (χ3v) is 4.39. The van der Waals surface area contributed by atoms with Crippen molar-refractivity contribution in [2.75, 3.05) is 13.7 Å². The van der Waals surface area contributed by atoms with Crippen LogP contribution >= 0.6 is 11.6 Å². The Balaban J connectivity index is 1.87. The highest BCUT2D eigenvalue weighted by atomic mass is 35.5. The molecule has 0 aromatic heterocycles. The molecule has 0 atom stereocenters. The van der Waals surface area contributed by atoms with Crippen molar-refractivity contribution in [3.8, 4) is 23.8 Å². The number of nitrogens with zero attached hydrogens (tertiary/aromatic N) is 1. The lowest BCUT2D eigenvalue weighted by Gasteiger charge is -2.12. The number of urea groups is 1. The SMILES string of the molecule is C#CCOc1c(Cl)cc(/C=C2/NC(=O)N(Cc3ccccc3F)C2=O)cc1OC. The molecule has 0 unspecified atom stereocenters. The summed E-state index contributed by atoms with van der Waals surface area (Å²) in [5, 5.41) is 2.71. The Bertz CT molecular complexity index is 1050. The molecule has 1 saturated heterocycles. The number of carbonyl (C=O) groups is 2. The average molecular weight is 415 g/mol. The number of methoxy groups -OCH3 is 1. The number of halogens is 2. The lowest BCUT2D eigenvalue weighted by atomic mass is 10.1. The van der Waals surface area contributed by atoms with Gasteiger partial charge in [-0.25, -0.2) is 9.18 Å². The van der Waals surface area contributed by atoms with Crippen LogP contribution in [0.4, 0.5) is 9.18 Å². The van der Waals surface area contributed by atoms with E-state index >= 15 is 0 Å². The molecule has 1 heterocycles. The van der Waals surface area contributed by atoms with Crippen molar-refractivity contribution in [3.63, 3.8) is 0 Å². The summed E-state index contributed by atoms with van der Waals surface area (Å²) in [6, 6.07) is 8.43. The summed E-state index contributed by atoms with van der Waals surface area (Å²) in [5.41, 5.74) is 0.759. The van der Waals surface area contributed by atoms with Gasteiger partial charge in [0.1, 0.15) is 18.1 Å². The number of rotatable bonds is 6. The van der Waals surface area contributed by atoms with Crippen molar-refractivity contribution in [2.45, 2.75) is 6.54 Å². The van der Waals surface area contributed by atoms with Crippen LogP contribution in [0.15, 0.2) is 42.1 Å². The van der Waals surface area contributed by atoms with E-state index < -0.39 is 17.8 Å². The fourth-order valence-corrected chi connectivity index (χ4v) is 3.03. The van der Waals surface area contributed by atoms with Crippen molar-refractivity contribution in [2.24, 2.45) is 0 Å². The van der Waals surface area contributed by atoms with Gasteiger partial charge in [-0.1, -0.05) is 35.7 Å². The first-order chi connectivity index (χ1) is 13.9. The monoisotopic (exact) mass is 414 g/mol. The standard InChI is InChI=1S/C21H16ClFN2O4/c1-3-8-29-19-15(22)9-13(11-18(19)28-2)10-17-20(26)25(21(27)24-17)12-14-6-4-5-7-16(14)23/h1,4-7,9-11H,8,12H2,2H3,(H,24,27)/b17-10+. The van der Waals surface area contributed by atoms with E-state index in [1.54, 1.807) is 18.2 Å². The number of benzene rings is 2. The summed E-state index contributed by atoms with van der Waals surface area (Å²) < 4.78 is 24.5. The van der Waals surface area contributed by atoms with Crippen LogP contribution in [0.3, 0.4) is 0 Å². The normalized spacial score (nSPS) is 14.7. The quantitative estimate of drug-likeness (QED) is 0.445. The van der Waals surface area contributed by atoms with E-state index in [2.05, 4.69) is 11.2 Å². The van der Waals surface area contributed by atoms with Gasteiger partial charge in [0.15, 0.2) is 11.5 Å². The van der Waals surface area contributed by atoms with Gasteiger partial charge < -0.3 is 14.8 Å². The molecular weight excluding hydrogens is 399 g/mol. The first kappa shape index (κ1) is 20.2. The number of hydrogen-bond donors (Lipinski definition) is 1. The van der Waals surface area contributed by atoms with Crippen molar-refractivity contribution in [1.29, 1.82) is 0 Å². The minimum absolute atomic E-state index is 0.00998. The molecule has 1 aliphatic heterocycles. The van der Waals surface area contributed by atoms with Crippen molar-refractivity contribution >= 4 is 29.6 Å². The Kier molecular flexibility index (Phi) is 6.05. The molecule has 0 radical (unpaired) electrons. The number of ether oxygens (including phenoxy) is 2. The zero-order valence-corrected chi connectivity index (χ0v) is 16.1. The third-order valence-electron chi connectivity index (χ3n) is 4.11. The lowest BCUT2D eigenvalue weighted by molar-refractivity contribution is -0.123. The molecule has 29 heavy (non-hydrogen) atoms. The second-order valence-corrected chi connectivity index (χ2v) is 6.40. The zero-order chi connectivity index (χ0) is 21.0. The van der Waals surface area contributed by atoms with Gasteiger partial charge in [0, 0.05) is 5.56 Å². The Morgan fingerprint density at radius 1 is 1.31 bits per heavy atom. The van der Waals surface area contributed by atoms with E-state index in [0.29, 0.717) is 11.3 Å². The topological polar surface area (TPSA) is 67.9 Å². The van der Waals surface area contributed by atoms with E-state index in [4.69, 9.17) is 27.5 Å². The van der Waals surface area contributed by atoms with E-state index in [0.717, 1.165) is 4.90 Å². The first-order valence-corrected chi connectivity index (χ1v) is 8.84. The van der Waals surface area contributed by atoms with Gasteiger partial charge in [0.25, 0.3) is 5.91 Å². The fourth-order valence-electron chi connectivity index (χ4n) is 2.76. The maximum atomic E-state index is 13.9. The van der Waals surface area contributed by atoms with Crippen molar-refractivity contribution in [3.05, 3.63) is 64.1 Å². The Morgan fingerprint density at radius 3 is 2.76 bits per heavy atom. The average Bonchev–Trinajstić information content (AvgIpc) is 2.95. The molecule has 0 spiro atoms. The third kappa shape index (κ3) is 4.33. The van der Waals surface area contributed by atoms with Crippen LogP contribution in [0.2, 0.25) is 5.02 Å². The molecule has 0 bridgehead atoms. The Labute approximate surface area is 171 Å². The molecule has 1 N–H and O–H groups in total. The van der Waals surface area contributed by atoms with Crippen molar-refractivity contribution < 1.29 is 23.5 Å². The van der Waals surface area contributed by atoms with Crippen LogP contribution in [-0.2, 0) is 11.3 Å². The predicted octanol–water partition coefficient (Wildman–Crippen LogP) is 3.59. The van der Waals surface area contributed by atoms with Gasteiger partial charge in [-0.15, -0.1) is 6.42 Å². The largest absolute Gasteiger partial charge is 0.493 e. The summed E-state index contributed by atoms with van der Waals surface area (Å²) in [4.78, 5) is 25.8. The summed E-state index contributed by atoms with van der Waals surface area (Å²) in [6.07, 6.45) is 6.63. The number of imide groups is 1. The number of amides is 3. The van der Waals surface area contributed by atoms with E-state index in [1.165, 1.54) is 31.4 Å². The van der Waals surface area contributed by atoms with Gasteiger partial charge in [0.2, 0.25) is 0 Å². The number of hydrogen-bond acceptors (Lipinski definition) is 4. The van der Waals surface area contributed by atoms with Gasteiger partial charge in [0.05, 0.1) is 18.7 Å². The van der Waals surface area contributed by atoms with Gasteiger partial charge in [-0.2, -0.15) is 0 Å². The number of carbonyl (C=O) groups excluding carboxylic acids is 2. The first-order valence-electron chi connectivity index (χ1n) is 8.46. The molecule has 6 nitrogen and oxygen atoms in total. The molecule has 3 amide bonds. The van der Waals surface area contributed by atoms with Gasteiger partial charge in [-0.3, -0.25) is 9.69 Å². The maximum Gasteiger partial charge on any atom is 0.329 e. The molecular formula is C21H16ClFN2O4. The number of terminal acetylenes is 1. The molecule has 2 aromatic carbocycles. The van der Waals surface area contributed by atoms with E-state index in [-0.39, 0.29) is 35.2 Å². The van der Waals surface area contributed by atoms with Gasteiger partial charge in [-0.05, 0) is 29.8 Å². The second-order valence-electron chi connectivity index (χ2n) is 6.00. The molecule has 8 heteroatoms. The molecule has 1 aliphatic rings. The minimum Gasteiger partial charge on any atom is -0.493 e. The summed E-state index contributed by atoms with van der Waals surface area (Å²) in [5.74, 6) is 1.85. The Hall–Kier alpha value is -3.50. The Morgan fingerprint density at radius 2 is 2.07 bits per heavy atom. The summed E-state index contributed by atoms with van der Waals surface area (Å²) in [6.45, 7) is -0.173.